The van der Waals surface area contributed by atoms with Crippen LogP contribution in [-0.4, -0.2) is 18.6 Å². The van der Waals surface area contributed by atoms with E-state index < -0.39 is 0 Å². The van der Waals surface area contributed by atoms with Crippen LogP contribution in [0.4, 0.5) is 0 Å². The second-order valence-corrected chi connectivity index (χ2v) is 3.50. The van der Waals surface area contributed by atoms with Crippen LogP contribution in [0.1, 0.15) is 25.3 Å². The van der Waals surface area contributed by atoms with Gasteiger partial charge < -0.3 is 10.5 Å². The highest BCUT2D eigenvalue weighted by atomic mass is 16.5. The highest BCUT2D eigenvalue weighted by Crippen LogP contribution is 2.19. The van der Waals surface area contributed by atoms with Crippen LogP contribution in [0.2, 0.25) is 0 Å². The summed E-state index contributed by atoms with van der Waals surface area (Å²) in [7, 11) is 0. The Morgan fingerprint density at radius 3 is 2.47 bits per heavy atom. The van der Waals surface area contributed by atoms with E-state index in [9.17, 15) is 4.79 Å². The maximum absolute atomic E-state index is 11.7. The molecule has 0 heterocycles. The van der Waals surface area contributed by atoms with Gasteiger partial charge in [0.1, 0.15) is 0 Å². The molecule has 0 radical (unpaired) electrons. The first kappa shape index (κ1) is 11.7. The van der Waals surface area contributed by atoms with Crippen molar-refractivity contribution in [3.05, 3.63) is 35.9 Å². The maximum atomic E-state index is 11.7. The Hall–Kier alpha value is -1.35. The monoisotopic (exact) mass is 207 g/mol. The molecule has 0 aromatic heterocycles. The summed E-state index contributed by atoms with van der Waals surface area (Å²) in [4.78, 5) is 11.7. The van der Waals surface area contributed by atoms with Crippen molar-refractivity contribution in [3.63, 3.8) is 0 Å². The van der Waals surface area contributed by atoms with Gasteiger partial charge in [-0.15, -0.1) is 0 Å². The molecule has 0 saturated heterocycles. The standard InChI is InChI=1S/C12H17NO2/c1-3-15-12(14)11(9(2)13)10-7-5-4-6-8-10/h4-9,11H,3,13H2,1-2H3/t9-,11+/m0/s1. The van der Waals surface area contributed by atoms with Crippen LogP contribution in [-0.2, 0) is 9.53 Å². The molecule has 15 heavy (non-hydrogen) atoms. The smallest absolute Gasteiger partial charge is 0.314 e. The molecule has 0 spiro atoms. The highest BCUT2D eigenvalue weighted by Gasteiger charge is 2.25. The zero-order chi connectivity index (χ0) is 11.3. The van der Waals surface area contributed by atoms with Crippen LogP contribution in [0.5, 0.6) is 0 Å². The van der Waals surface area contributed by atoms with Gasteiger partial charge in [0.2, 0.25) is 0 Å². The Kier molecular flexibility index (Phi) is 4.31. The maximum Gasteiger partial charge on any atom is 0.314 e. The Balaban J connectivity index is 2.88. The van der Waals surface area contributed by atoms with Gasteiger partial charge in [-0.25, -0.2) is 0 Å². The van der Waals surface area contributed by atoms with Crippen LogP contribution < -0.4 is 5.73 Å². The van der Waals surface area contributed by atoms with Gasteiger partial charge in [0.25, 0.3) is 0 Å². The quantitative estimate of drug-likeness (QED) is 0.764. The van der Waals surface area contributed by atoms with E-state index in [4.69, 9.17) is 10.5 Å². The lowest BCUT2D eigenvalue weighted by Crippen LogP contribution is -2.32. The van der Waals surface area contributed by atoms with Gasteiger partial charge in [0.05, 0.1) is 12.5 Å². The fourth-order valence-corrected chi connectivity index (χ4v) is 1.55. The van der Waals surface area contributed by atoms with E-state index in [2.05, 4.69) is 0 Å². The Morgan fingerprint density at radius 2 is 2.00 bits per heavy atom. The number of benzene rings is 1. The molecule has 3 heteroatoms. The summed E-state index contributed by atoms with van der Waals surface area (Å²) in [5.41, 5.74) is 6.71. The molecule has 82 valence electrons. The number of nitrogens with two attached hydrogens (primary N) is 1. The third-order valence-electron chi connectivity index (χ3n) is 2.23. The molecule has 0 amide bonds. The fourth-order valence-electron chi connectivity index (χ4n) is 1.55. The average Bonchev–Trinajstić information content (AvgIpc) is 2.19. The van der Waals surface area contributed by atoms with E-state index in [1.54, 1.807) is 6.92 Å². The van der Waals surface area contributed by atoms with Crippen molar-refractivity contribution < 1.29 is 9.53 Å². The normalized spacial score (nSPS) is 14.3. The van der Waals surface area contributed by atoms with Gasteiger partial charge in [0, 0.05) is 6.04 Å². The van der Waals surface area contributed by atoms with Crippen LogP contribution in [0.3, 0.4) is 0 Å². The predicted octanol–water partition coefficient (Wildman–Crippen LogP) is 1.68. The lowest BCUT2D eigenvalue weighted by Gasteiger charge is -2.19. The minimum atomic E-state index is -0.369. The number of rotatable bonds is 4. The van der Waals surface area contributed by atoms with E-state index >= 15 is 0 Å². The molecule has 0 aliphatic heterocycles. The zero-order valence-corrected chi connectivity index (χ0v) is 9.14. The number of esters is 1. The molecule has 0 saturated carbocycles. The van der Waals surface area contributed by atoms with E-state index in [-0.39, 0.29) is 17.9 Å². The largest absolute Gasteiger partial charge is 0.465 e. The van der Waals surface area contributed by atoms with Crippen molar-refractivity contribution in [2.45, 2.75) is 25.8 Å². The third kappa shape index (κ3) is 3.06. The molecule has 2 atom stereocenters. The first-order chi connectivity index (χ1) is 7.16. The van der Waals surface area contributed by atoms with Crippen molar-refractivity contribution in [3.8, 4) is 0 Å². The Bertz CT molecular complexity index is 309. The molecule has 1 rings (SSSR count). The second kappa shape index (κ2) is 5.51. The highest BCUT2D eigenvalue weighted by molar-refractivity contribution is 5.79. The molecule has 0 aliphatic carbocycles. The molecule has 1 aromatic carbocycles. The van der Waals surface area contributed by atoms with Gasteiger partial charge in [-0.1, -0.05) is 30.3 Å². The summed E-state index contributed by atoms with van der Waals surface area (Å²) >= 11 is 0. The molecule has 0 aliphatic rings. The minimum Gasteiger partial charge on any atom is -0.465 e. The van der Waals surface area contributed by atoms with E-state index in [1.165, 1.54) is 0 Å². The molecule has 2 N–H and O–H groups in total. The molecule has 1 aromatic rings. The van der Waals surface area contributed by atoms with Crippen LogP contribution in [0.25, 0.3) is 0 Å². The molecule has 3 nitrogen and oxygen atoms in total. The number of carbonyl (C=O) groups is 1. The summed E-state index contributed by atoms with van der Waals surface area (Å²) in [5, 5.41) is 0. The van der Waals surface area contributed by atoms with Crippen molar-refractivity contribution in [2.24, 2.45) is 5.73 Å². The lowest BCUT2D eigenvalue weighted by molar-refractivity contribution is -0.145. The van der Waals surface area contributed by atoms with Gasteiger partial charge in [-0.3, -0.25) is 4.79 Å². The summed E-state index contributed by atoms with van der Waals surface area (Å²) in [6.07, 6.45) is 0. The topological polar surface area (TPSA) is 52.3 Å². The van der Waals surface area contributed by atoms with Gasteiger partial charge in [0.15, 0.2) is 0 Å². The third-order valence-corrected chi connectivity index (χ3v) is 2.23. The Labute approximate surface area is 90.2 Å². The number of carbonyl (C=O) groups excluding carboxylic acids is 1. The number of ether oxygens (including phenoxy) is 1. The summed E-state index contributed by atoms with van der Waals surface area (Å²) in [5.74, 6) is -0.621. The van der Waals surface area contributed by atoms with Gasteiger partial charge in [-0.2, -0.15) is 0 Å². The zero-order valence-electron chi connectivity index (χ0n) is 9.14. The minimum absolute atomic E-state index is 0.244. The summed E-state index contributed by atoms with van der Waals surface area (Å²) in [6.45, 7) is 3.99. The molecule has 0 unspecified atom stereocenters. The van der Waals surface area contributed by atoms with E-state index in [0.29, 0.717) is 6.61 Å². The van der Waals surface area contributed by atoms with Crippen LogP contribution >= 0.6 is 0 Å². The number of hydrogen-bond donors (Lipinski definition) is 1. The number of hydrogen-bond acceptors (Lipinski definition) is 3. The molecular weight excluding hydrogens is 190 g/mol. The van der Waals surface area contributed by atoms with Crippen molar-refractivity contribution in [2.75, 3.05) is 6.61 Å². The molecule has 0 fully saturated rings. The lowest BCUT2D eigenvalue weighted by atomic mass is 9.93. The average molecular weight is 207 g/mol. The van der Waals surface area contributed by atoms with Gasteiger partial charge in [-0.05, 0) is 19.4 Å². The van der Waals surface area contributed by atoms with Crippen molar-refractivity contribution in [1.82, 2.24) is 0 Å². The second-order valence-electron chi connectivity index (χ2n) is 3.50. The SMILES string of the molecule is CCOC(=O)[C@@H](c1ccccc1)[C@H](C)N. The van der Waals surface area contributed by atoms with Crippen LogP contribution in [0, 0.1) is 0 Å². The first-order valence-electron chi connectivity index (χ1n) is 5.14. The molecular formula is C12H17NO2. The first-order valence-corrected chi connectivity index (χ1v) is 5.14. The Morgan fingerprint density at radius 1 is 1.40 bits per heavy atom. The van der Waals surface area contributed by atoms with Gasteiger partial charge >= 0.3 is 5.97 Å². The van der Waals surface area contributed by atoms with E-state index in [1.807, 2.05) is 37.3 Å². The van der Waals surface area contributed by atoms with Crippen molar-refractivity contribution in [1.29, 1.82) is 0 Å². The summed E-state index contributed by atoms with van der Waals surface area (Å²) in [6, 6.07) is 9.24. The molecule has 0 bridgehead atoms. The predicted molar refractivity (Wildman–Crippen MR) is 59.5 cm³/mol. The van der Waals surface area contributed by atoms with Crippen LogP contribution in [0.15, 0.2) is 30.3 Å². The van der Waals surface area contributed by atoms with Crippen molar-refractivity contribution >= 4 is 5.97 Å². The fraction of sp³-hybridized carbons (Fsp3) is 0.417. The summed E-state index contributed by atoms with van der Waals surface area (Å²) < 4.78 is 5.00. The van der Waals surface area contributed by atoms with E-state index in [0.717, 1.165) is 5.56 Å².